The lowest BCUT2D eigenvalue weighted by atomic mass is 10.1. The van der Waals surface area contributed by atoms with E-state index in [0.29, 0.717) is 11.3 Å². The Morgan fingerprint density at radius 3 is 2.85 bits per heavy atom. The van der Waals surface area contributed by atoms with E-state index in [1.165, 1.54) is 4.90 Å². The molecule has 1 aromatic rings. The Morgan fingerprint density at radius 2 is 2.23 bits per heavy atom. The summed E-state index contributed by atoms with van der Waals surface area (Å²) < 4.78 is 14.1. The van der Waals surface area contributed by atoms with E-state index in [9.17, 15) is 9.18 Å². The lowest BCUT2D eigenvalue weighted by Gasteiger charge is -2.10. The monoisotopic (exact) mass is 243 g/mol. The highest BCUT2D eigenvalue weighted by Gasteiger charge is 2.36. The molecule has 0 aliphatic carbocycles. The van der Waals surface area contributed by atoms with Crippen LogP contribution >= 0.6 is 15.9 Å². The van der Waals surface area contributed by atoms with E-state index < -0.39 is 12.1 Å². The van der Waals surface area contributed by atoms with Gasteiger partial charge in [0.1, 0.15) is 0 Å². The number of nitrogens with zero attached hydrogens (tertiary/aromatic N) is 1. The Labute approximate surface area is 83.5 Å². The number of carbonyl (C=O) groups excluding carboxylic acids is 1. The van der Waals surface area contributed by atoms with E-state index in [4.69, 9.17) is 0 Å². The summed E-state index contributed by atoms with van der Waals surface area (Å²) in [5, 5.41) is 0. The second kappa shape index (κ2) is 2.80. The third-order valence-electron chi connectivity index (χ3n) is 2.17. The molecule has 1 heterocycles. The van der Waals surface area contributed by atoms with Gasteiger partial charge in [0, 0.05) is 17.1 Å². The number of benzene rings is 1. The number of para-hydroxylation sites is 1. The molecule has 68 valence electrons. The number of anilines is 1. The van der Waals surface area contributed by atoms with Crippen molar-refractivity contribution < 1.29 is 9.18 Å². The molecule has 0 saturated heterocycles. The van der Waals surface area contributed by atoms with Crippen LogP contribution in [0, 0.1) is 0 Å². The molecule has 1 aromatic carbocycles. The number of hydrogen-bond acceptors (Lipinski definition) is 1. The molecule has 0 aromatic heterocycles. The second-order valence-corrected chi connectivity index (χ2v) is 3.79. The van der Waals surface area contributed by atoms with Crippen LogP contribution in [0.25, 0.3) is 0 Å². The number of halogens is 2. The van der Waals surface area contributed by atoms with Crippen LogP contribution in [0.1, 0.15) is 11.7 Å². The molecule has 1 atom stereocenters. The van der Waals surface area contributed by atoms with Crippen LogP contribution in [0.3, 0.4) is 0 Å². The number of carbonyl (C=O) groups is 1. The molecule has 0 radical (unpaired) electrons. The number of rotatable bonds is 0. The molecule has 0 saturated carbocycles. The maximum atomic E-state index is 13.3. The molecule has 0 spiro atoms. The number of fused-ring (bicyclic) bond motifs is 1. The van der Waals surface area contributed by atoms with Crippen molar-refractivity contribution in [1.29, 1.82) is 0 Å². The van der Waals surface area contributed by atoms with Gasteiger partial charge in [-0.05, 0) is 22.0 Å². The van der Waals surface area contributed by atoms with Crippen LogP contribution in [0.5, 0.6) is 0 Å². The smallest absolute Gasteiger partial charge is 0.266 e. The van der Waals surface area contributed by atoms with E-state index in [1.54, 1.807) is 25.2 Å². The Bertz CT molecular complexity index is 380. The lowest BCUT2D eigenvalue weighted by molar-refractivity contribution is -0.122. The van der Waals surface area contributed by atoms with Crippen LogP contribution in [0.15, 0.2) is 22.7 Å². The highest BCUT2D eigenvalue weighted by Crippen LogP contribution is 2.41. The van der Waals surface area contributed by atoms with Gasteiger partial charge in [-0.15, -0.1) is 0 Å². The molecule has 1 amide bonds. The van der Waals surface area contributed by atoms with Crippen molar-refractivity contribution in [3.8, 4) is 0 Å². The summed E-state index contributed by atoms with van der Waals surface area (Å²) in [5.74, 6) is -0.498. The van der Waals surface area contributed by atoms with Gasteiger partial charge in [-0.2, -0.15) is 0 Å². The van der Waals surface area contributed by atoms with Gasteiger partial charge < -0.3 is 4.90 Å². The van der Waals surface area contributed by atoms with Gasteiger partial charge in [0.05, 0.1) is 5.69 Å². The third-order valence-corrected chi connectivity index (χ3v) is 2.81. The van der Waals surface area contributed by atoms with Crippen molar-refractivity contribution in [2.75, 3.05) is 11.9 Å². The summed E-state index contributed by atoms with van der Waals surface area (Å²) >= 11 is 3.28. The normalized spacial score (nSPS) is 20.7. The minimum Gasteiger partial charge on any atom is -0.311 e. The van der Waals surface area contributed by atoms with Crippen molar-refractivity contribution >= 4 is 27.5 Å². The van der Waals surface area contributed by atoms with Gasteiger partial charge in [0.2, 0.25) is 6.17 Å². The Morgan fingerprint density at radius 1 is 1.54 bits per heavy atom. The SMILES string of the molecule is CN1C(=O)C(F)c2cccc(Br)c21. The molecule has 0 fully saturated rings. The van der Waals surface area contributed by atoms with Crippen molar-refractivity contribution in [3.63, 3.8) is 0 Å². The molecule has 1 aliphatic rings. The van der Waals surface area contributed by atoms with Gasteiger partial charge >= 0.3 is 0 Å². The molecule has 1 aliphatic heterocycles. The average Bonchev–Trinajstić information content (AvgIpc) is 2.33. The Balaban J connectivity index is 2.66. The number of hydrogen-bond donors (Lipinski definition) is 0. The standard InChI is InChI=1S/C9H7BrFNO/c1-12-8-5(7(11)9(12)13)3-2-4-6(8)10/h2-4,7H,1H3. The molecule has 0 N–H and O–H groups in total. The molecular formula is C9H7BrFNO. The Kier molecular flexibility index (Phi) is 1.87. The average molecular weight is 244 g/mol. The molecule has 2 rings (SSSR count). The highest BCUT2D eigenvalue weighted by atomic mass is 79.9. The van der Waals surface area contributed by atoms with Crippen molar-refractivity contribution in [3.05, 3.63) is 28.2 Å². The van der Waals surface area contributed by atoms with Gasteiger partial charge in [-0.1, -0.05) is 12.1 Å². The van der Waals surface area contributed by atoms with Crippen molar-refractivity contribution in [1.82, 2.24) is 0 Å². The fourth-order valence-electron chi connectivity index (χ4n) is 1.50. The summed E-state index contributed by atoms with van der Waals surface area (Å²) in [6.45, 7) is 0. The van der Waals surface area contributed by atoms with Gasteiger partial charge in [-0.25, -0.2) is 4.39 Å². The van der Waals surface area contributed by atoms with Crippen LogP contribution in [-0.4, -0.2) is 13.0 Å². The largest absolute Gasteiger partial charge is 0.311 e. The summed E-state index contributed by atoms with van der Waals surface area (Å²) in [6.07, 6.45) is -1.50. The van der Waals surface area contributed by atoms with Crippen LogP contribution in [-0.2, 0) is 4.79 Å². The predicted octanol–water partition coefficient (Wildman–Crippen LogP) is 2.44. The first kappa shape index (κ1) is 8.69. The van der Waals surface area contributed by atoms with Crippen LogP contribution in [0.4, 0.5) is 10.1 Å². The third kappa shape index (κ3) is 1.09. The number of likely N-dealkylation sites (N-methyl/N-ethyl adjacent to an activating group) is 1. The van der Waals surface area contributed by atoms with Gasteiger partial charge in [0.25, 0.3) is 5.91 Å². The fraction of sp³-hybridized carbons (Fsp3) is 0.222. The minimum absolute atomic E-state index is 0.446. The summed E-state index contributed by atoms with van der Waals surface area (Å²) in [6, 6.07) is 5.15. The van der Waals surface area contributed by atoms with E-state index >= 15 is 0 Å². The summed E-state index contributed by atoms with van der Waals surface area (Å²) in [5.41, 5.74) is 1.09. The van der Waals surface area contributed by atoms with Gasteiger partial charge in [-0.3, -0.25) is 4.79 Å². The van der Waals surface area contributed by atoms with E-state index in [2.05, 4.69) is 15.9 Å². The first-order valence-corrected chi connectivity index (χ1v) is 4.62. The van der Waals surface area contributed by atoms with Crippen molar-refractivity contribution in [2.24, 2.45) is 0 Å². The van der Waals surface area contributed by atoms with E-state index in [1.807, 2.05) is 0 Å². The fourth-order valence-corrected chi connectivity index (χ4v) is 2.15. The summed E-state index contributed by atoms with van der Waals surface area (Å²) in [7, 11) is 1.57. The molecule has 2 nitrogen and oxygen atoms in total. The molecule has 1 unspecified atom stereocenters. The lowest BCUT2D eigenvalue weighted by Crippen LogP contribution is -2.22. The molecule has 4 heteroatoms. The predicted molar refractivity (Wildman–Crippen MR) is 51.4 cm³/mol. The molecular weight excluding hydrogens is 237 g/mol. The minimum atomic E-state index is -1.50. The van der Waals surface area contributed by atoms with Crippen LogP contribution in [0.2, 0.25) is 0 Å². The zero-order valence-electron chi connectivity index (χ0n) is 6.92. The maximum Gasteiger partial charge on any atom is 0.266 e. The van der Waals surface area contributed by atoms with Crippen LogP contribution < -0.4 is 4.90 Å². The van der Waals surface area contributed by atoms with Gasteiger partial charge in [0.15, 0.2) is 0 Å². The van der Waals surface area contributed by atoms with E-state index in [-0.39, 0.29) is 0 Å². The zero-order chi connectivity index (χ0) is 9.59. The topological polar surface area (TPSA) is 20.3 Å². The highest BCUT2D eigenvalue weighted by molar-refractivity contribution is 9.10. The Hall–Kier alpha value is -0.900. The number of amides is 1. The molecule has 13 heavy (non-hydrogen) atoms. The first-order chi connectivity index (χ1) is 6.13. The number of alkyl halides is 1. The zero-order valence-corrected chi connectivity index (χ0v) is 8.51. The molecule has 0 bridgehead atoms. The summed E-state index contributed by atoms with van der Waals surface area (Å²) in [4.78, 5) is 12.6. The first-order valence-electron chi connectivity index (χ1n) is 3.83. The second-order valence-electron chi connectivity index (χ2n) is 2.94. The van der Waals surface area contributed by atoms with Crippen molar-refractivity contribution in [2.45, 2.75) is 6.17 Å². The quantitative estimate of drug-likeness (QED) is 0.686. The maximum absolute atomic E-state index is 13.3. The van der Waals surface area contributed by atoms with E-state index in [0.717, 1.165) is 4.47 Å².